The van der Waals surface area contributed by atoms with Gasteiger partial charge in [-0.15, -0.1) is 0 Å². The fourth-order valence-corrected chi connectivity index (χ4v) is 1.44. The Kier molecular flexibility index (Phi) is 5.77. The number of carbonyl (C=O) groups is 3. The van der Waals surface area contributed by atoms with E-state index in [0.29, 0.717) is 0 Å². The maximum atomic E-state index is 12.0. The van der Waals surface area contributed by atoms with E-state index in [0.717, 1.165) is 0 Å². The van der Waals surface area contributed by atoms with Gasteiger partial charge in [0.25, 0.3) is 5.91 Å². The van der Waals surface area contributed by atoms with E-state index in [1.807, 2.05) is 0 Å². The van der Waals surface area contributed by atoms with Crippen LogP contribution >= 0.6 is 0 Å². The number of hydrogen-bond donors (Lipinski definition) is 1. The van der Waals surface area contributed by atoms with Crippen molar-refractivity contribution in [1.29, 1.82) is 0 Å². The summed E-state index contributed by atoms with van der Waals surface area (Å²) in [5, 5.41) is 2.29. The monoisotopic (exact) mass is 295 g/mol. The Bertz CT molecular complexity index is 500. The molecule has 0 unspecified atom stereocenters. The minimum atomic E-state index is -1.94. The molecule has 0 saturated carbocycles. The third-order valence-corrected chi connectivity index (χ3v) is 2.53. The molecule has 1 rings (SSSR count). The first-order chi connectivity index (χ1) is 9.95. The normalized spacial score (nSPS) is 10.6. The Hall–Kier alpha value is -2.51. The number of nitrogens with zero attached hydrogens (tertiary/aromatic N) is 2. The van der Waals surface area contributed by atoms with Gasteiger partial charge < -0.3 is 14.8 Å². The van der Waals surface area contributed by atoms with Gasteiger partial charge in [-0.25, -0.2) is 14.6 Å². The van der Waals surface area contributed by atoms with Crippen LogP contribution in [0, 0.1) is 0 Å². The highest BCUT2D eigenvalue weighted by Gasteiger charge is 2.46. The predicted octanol–water partition coefficient (Wildman–Crippen LogP) is 0.0913. The summed E-state index contributed by atoms with van der Waals surface area (Å²) in [6.07, 6.45) is 3.93. The summed E-state index contributed by atoms with van der Waals surface area (Å²) in [4.78, 5) is 43.5. The maximum Gasteiger partial charge on any atom is 0.343 e. The number of nitrogens with one attached hydrogen (secondary N) is 1. The maximum absolute atomic E-state index is 12.0. The smallest absolute Gasteiger partial charge is 0.343 e. The first-order valence-corrected chi connectivity index (χ1v) is 6.38. The summed E-state index contributed by atoms with van der Waals surface area (Å²) in [5.41, 5.74) is -1.97. The molecule has 0 radical (unpaired) electrons. The quantitative estimate of drug-likeness (QED) is 0.585. The van der Waals surface area contributed by atoms with Crippen LogP contribution in [0.15, 0.2) is 18.6 Å². The highest BCUT2D eigenvalue weighted by molar-refractivity contribution is 6.09. The van der Waals surface area contributed by atoms with Gasteiger partial charge >= 0.3 is 11.9 Å². The highest BCUT2D eigenvalue weighted by Crippen LogP contribution is 2.11. The highest BCUT2D eigenvalue weighted by atomic mass is 16.6. The molecule has 0 aromatic carbocycles. The first kappa shape index (κ1) is 16.5. The zero-order chi connectivity index (χ0) is 15.9. The van der Waals surface area contributed by atoms with Crippen LogP contribution in [-0.2, 0) is 19.1 Å². The van der Waals surface area contributed by atoms with Gasteiger partial charge in [0, 0.05) is 12.4 Å². The minimum Gasteiger partial charge on any atom is -0.464 e. The van der Waals surface area contributed by atoms with Gasteiger partial charge in [-0.3, -0.25) is 9.78 Å². The molecule has 1 amide bonds. The van der Waals surface area contributed by atoms with Crippen LogP contribution in [0.4, 0.5) is 0 Å². The lowest BCUT2D eigenvalue weighted by molar-refractivity contribution is -0.164. The van der Waals surface area contributed by atoms with Crippen LogP contribution in [-0.4, -0.2) is 46.6 Å². The minimum absolute atomic E-state index is 0.0303. The van der Waals surface area contributed by atoms with Gasteiger partial charge in [0.2, 0.25) is 5.54 Å². The molecule has 0 bridgehead atoms. The Labute approximate surface area is 121 Å². The van der Waals surface area contributed by atoms with E-state index in [1.54, 1.807) is 13.8 Å². The summed E-state index contributed by atoms with van der Waals surface area (Å²) in [7, 11) is 0. The Morgan fingerprint density at radius 2 is 1.71 bits per heavy atom. The number of aromatic nitrogens is 2. The van der Waals surface area contributed by atoms with Crippen molar-refractivity contribution in [3.63, 3.8) is 0 Å². The van der Waals surface area contributed by atoms with E-state index in [1.165, 1.54) is 25.5 Å². The fraction of sp³-hybridized carbons (Fsp3) is 0.462. The molecule has 1 N–H and O–H groups in total. The average Bonchev–Trinajstić information content (AvgIpc) is 2.48. The zero-order valence-corrected chi connectivity index (χ0v) is 12.1. The molecule has 0 saturated heterocycles. The third kappa shape index (κ3) is 3.98. The van der Waals surface area contributed by atoms with E-state index in [-0.39, 0.29) is 18.9 Å². The molecule has 1 aromatic rings. The molecular weight excluding hydrogens is 278 g/mol. The van der Waals surface area contributed by atoms with Gasteiger partial charge in [0.15, 0.2) is 0 Å². The molecule has 1 aromatic heterocycles. The lowest BCUT2D eigenvalue weighted by Gasteiger charge is -2.25. The van der Waals surface area contributed by atoms with Crippen molar-refractivity contribution < 1.29 is 23.9 Å². The van der Waals surface area contributed by atoms with Crippen LogP contribution in [0.1, 0.15) is 31.3 Å². The molecule has 0 aliphatic heterocycles. The summed E-state index contributed by atoms with van der Waals surface area (Å²) in [5.74, 6) is -2.53. The lowest BCUT2D eigenvalue weighted by atomic mass is 10.0. The number of esters is 2. The van der Waals surface area contributed by atoms with Crippen molar-refractivity contribution in [2.45, 2.75) is 26.3 Å². The largest absolute Gasteiger partial charge is 0.464 e. The number of rotatable bonds is 6. The van der Waals surface area contributed by atoms with Crippen molar-refractivity contribution in [3.8, 4) is 0 Å². The Morgan fingerprint density at radius 3 is 2.14 bits per heavy atom. The van der Waals surface area contributed by atoms with Crippen molar-refractivity contribution in [1.82, 2.24) is 15.3 Å². The molecule has 114 valence electrons. The molecule has 21 heavy (non-hydrogen) atoms. The second-order valence-electron chi connectivity index (χ2n) is 4.11. The average molecular weight is 295 g/mol. The van der Waals surface area contributed by atoms with E-state index in [4.69, 9.17) is 9.47 Å². The van der Waals surface area contributed by atoms with Crippen molar-refractivity contribution in [3.05, 3.63) is 24.3 Å². The molecule has 0 fully saturated rings. The van der Waals surface area contributed by atoms with E-state index in [2.05, 4.69) is 15.3 Å². The fourth-order valence-electron chi connectivity index (χ4n) is 1.44. The predicted molar refractivity (Wildman–Crippen MR) is 71.2 cm³/mol. The molecule has 1 heterocycles. The van der Waals surface area contributed by atoms with Gasteiger partial charge in [0.1, 0.15) is 5.69 Å². The number of carbonyl (C=O) groups excluding carboxylic acids is 3. The van der Waals surface area contributed by atoms with E-state index in [9.17, 15) is 14.4 Å². The van der Waals surface area contributed by atoms with Crippen molar-refractivity contribution >= 4 is 17.8 Å². The molecule has 0 atom stereocenters. The SMILES string of the molecule is CCOC(=O)C(C)(NC(=O)c1cnccn1)C(=O)OCC. The topological polar surface area (TPSA) is 107 Å². The standard InChI is InChI=1S/C13H17N3O5/c1-4-20-11(18)13(3,12(19)21-5-2)16-10(17)9-8-14-6-7-15-9/h6-8H,4-5H2,1-3H3,(H,16,17). The molecule has 0 spiro atoms. The van der Waals surface area contributed by atoms with Gasteiger partial charge in [0.05, 0.1) is 19.4 Å². The summed E-state index contributed by atoms with van der Waals surface area (Å²) < 4.78 is 9.64. The lowest BCUT2D eigenvalue weighted by Crippen LogP contribution is -2.59. The Balaban J connectivity index is 2.99. The molecule has 8 heteroatoms. The van der Waals surface area contributed by atoms with Crippen LogP contribution in [0.5, 0.6) is 0 Å². The van der Waals surface area contributed by atoms with E-state index >= 15 is 0 Å². The summed E-state index contributed by atoms with van der Waals surface area (Å²) in [6.45, 7) is 4.53. The van der Waals surface area contributed by atoms with Crippen LogP contribution in [0.25, 0.3) is 0 Å². The molecular formula is C13H17N3O5. The van der Waals surface area contributed by atoms with Crippen LogP contribution in [0.2, 0.25) is 0 Å². The van der Waals surface area contributed by atoms with E-state index < -0.39 is 23.4 Å². The van der Waals surface area contributed by atoms with Gasteiger partial charge in [-0.2, -0.15) is 0 Å². The number of ether oxygens (including phenoxy) is 2. The molecule has 0 aliphatic carbocycles. The second kappa shape index (κ2) is 7.32. The van der Waals surface area contributed by atoms with Gasteiger partial charge in [-0.1, -0.05) is 0 Å². The van der Waals surface area contributed by atoms with Gasteiger partial charge in [-0.05, 0) is 20.8 Å². The number of amides is 1. The Morgan fingerprint density at radius 1 is 1.14 bits per heavy atom. The zero-order valence-electron chi connectivity index (χ0n) is 12.1. The summed E-state index contributed by atoms with van der Waals surface area (Å²) in [6, 6.07) is 0. The van der Waals surface area contributed by atoms with Crippen molar-refractivity contribution in [2.24, 2.45) is 0 Å². The first-order valence-electron chi connectivity index (χ1n) is 6.38. The number of hydrogen-bond acceptors (Lipinski definition) is 7. The summed E-state index contributed by atoms with van der Waals surface area (Å²) >= 11 is 0. The van der Waals surface area contributed by atoms with Crippen LogP contribution < -0.4 is 5.32 Å². The third-order valence-electron chi connectivity index (χ3n) is 2.53. The molecule has 0 aliphatic rings. The second-order valence-corrected chi connectivity index (χ2v) is 4.11. The van der Waals surface area contributed by atoms with Crippen molar-refractivity contribution in [2.75, 3.05) is 13.2 Å². The van der Waals surface area contributed by atoms with Crippen LogP contribution in [0.3, 0.4) is 0 Å². The molecule has 8 nitrogen and oxygen atoms in total.